The maximum Gasteiger partial charge on any atom is 0.256 e. The number of amides is 1. The van der Waals surface area contributed by atoms with E-state index in [1.165, 1.54) is 0 Å². The first-order valence-corrected chi connectivity index (χ1v) is 7.31. The molecule has 0 N–H and O–H groups in total. The molecule has 0 spiro atoms. The summed E-state index contributed by atoms with van der Waals surface area (Å²) in [5, 5.41) is 0. The highest BCUT2D eigenvalue weighted by molar-refractivity contribution is 5.99. The number of carbonyl (C=O) groups is 1. The minimum atomic E-state index is -0.0224. The maximum absolute atomic E-state index is 12.7. The lowest BCUT2D eigenvalue weighted by atomic mass is 10.1. The fourth-order valence-electron chi connectivity index (χ4n) is 2.99. The molecule has 0 aliphatic carbocycles. The molecule has 3 rings (SSSR count). The molecule has 1 unspecified atom stereocenters. The lowest BCUT2D eigenvalue weighted by Crippen LogP contribution is -2.35. The van der Waals surface area contributed by atoms with Gasteiger partial charge >= 0.3 is 0 Å². The number of hydrogen-bond donors (Lipinski definition) is 0. The second-order valence-electron chi connectivity index (χ2n) is 5.71. The van der Waals surface area contributed by atoms with Gasteiger partial charge in [-0.25, -0.2) is 0 Å². The predicted octanol–water partition coefficient (Wildman–Crippen LogP) is 2.91. The third-order valence-corrected chi connectivity index (χ3v) is 4.03. The van der Waals surface area contributed by atoms with Gasteiger partial charge < -0.3 is 9.64 Å². The Morgan fingerprint density at radius 1 is 1.09 bits per heavy atom. The van der Waals surface area contributed by atoms with Gasteiger partial charge in [0, 0.05) is 17.7 Å². The second kappa shape index (κ2) is 5.81. The summed E-state index contributed by atoms with van der Waals surface area (Å²) in [5.74, 6) is 0.911. The molecule has 1 aliphatic heterocycles. The van der Waals surface area contributed by atoms with Crippen LogP contribution in [-0.2, 0) is 6.54 Å². The number of ether oxygens (including phenoxy) is 1. The number of rotatable bonds is 4. The topological polar surface area (TPSA) is 32.8 Å². The standard InChI is InChI=1S/C18H20N2O2/c1-19(2)17-15-6-4-5-7-16(15)18(21)20(17)12-13-8-10-14(22-3)11-9-13/h4-11,17H,12H2,1-3H3. The van der Waals surface area contributed by atoms with Gasteiger partial charge in [-0.2, -0.15) is 0 Å². The van der Waals surface area contributed by atoms with Crippen molar-refractivity contribution in [3.63, 3.8) is 0 Å². The molecule has 0 saturated carbocycles. The quantitative estimate of drug-likeness (QED) is 0.869. The summed E-state index contributed by atoms with van der Waals surface area (Å²) >= 11 is 0. The zero-order chi connectivity index (χ0) is 15.7. The minimum Gasteiger partial charge on any atom is -0.497 e. The first kappa shape index (κ1) is 14.6. The van der Waals surface area contributed by atoms with Gasteiger partial charge in [0.05, 0.1) is 7.11 Å². The largest absolute Gasteiger partial charge is 0.497 e. The van der Waals surface area contributed by atoms with Crippen molar-refractivity contribution in [3.05, 3.63) is 65.2 Å². The smallest absolute Gasteiger partial charge is 0.256 e. The van der Waals surface area contributed by atoms with E-state index in [-0.39, 0.29) is 12.1 Å². The molecular weight excluding hydrogens is 276 g/mol. The highest BCUT2D eigenvalue weighted by atomic mass is 16.5. The second-order valence-corrected chi connectivity index (χ2v) is 5.71. The zero-order valence-electron chi connectivity index (χ0n) is 13.1. The van der Waals surface area contributed by atoms with Crippen molar-refractivity contribution < 1.29 is 9.53 Å². The highest BCUT2D eigenvalue weighted by Crippen LogP contribution is 2.35. The van der Waals surface area contributed by atoms with Crippen molar-refractivity contribution >= 4 is 5.91 Å². The number of benzene rings is 2. The summed E-state index contributed by atoms with van der Waals surface area (Å²) in [6.07, 6.45) is -0.0224. The van der Waals surface area contributed by atoms with Crippen LogP contribution in [0.3, 0.4) is 0 Å². The Balaban J connectivity index is 1.90. The van der Waals surface area contributed by atoms with Crippen LogP contribution in [-0.4, -0.2) is 36.9 Å². The van der Waals surface area contributed by atoms with Crippen molar-refractivity contribution in [1.82, 2.24) is 9.80 Å². The molecule has 0 bridgehead atoms. The third kappa shape index (κ3) is 2.46. The highest BCUT2D eigenvalue weighted by Gasteiger charge is 2.37. The first-order chi connectivity index (χ1) is 10.6. The van der Waals surface area contributed by atoms with Gasteiger partial charge in [0.15, 0.2) is 0 Å². The molecule has 1 heterocycles. The monoisotopic (exact) mass is 296 g/mol. The molecule has 4 nitrogen and oxygen atoms in total. The summed E-state index contributed by atoms with van der Waals surface area (Å²) in [5.41, 5.74) is 2.97. The molecule has 22 heavy (non-hydrogen) atoms. The summed E-state index contributed by atoms with van der Waals surface area (Å²) < 4.78 is 5.18. The van der Waals surface area contributed by atoms with Crippen LogP contribution in [0, 0.1) is 0 Å². The number of methoxy groups -OCH3 is 1. The van der Waals surface area contributed by atoms with E-state index in [4.69, 9.17) is 4.74 Å². The Morgan fingerprint density at radius 3 is 2.41 bits per heavy atom. The van der Waals surface area contributed by atoms with E-state index in [0.717, 1.165) is 22.4 Å². The predicted molar refractivity (Wildman–Crippen MR) is 85.7 cm³/mol. The Labute approximate surface area is 130 Å². The molecule has 4 heteroatoms. The van der Waals surface area contributed by atoms with Crippen LogP contribution in [0.5, 0.6) is 5.75 Å². The van der Waals surface area contributed by atoms with E-state index in [9.17, 15) is 4.79 Å². The summed E-state index contributed by atoms with van der Waals surface area (Å²) in [7, 11) is 5.65. The van der Waals surface area contributed by atoms with Crippen LogP contribution in [0.15, 0.2) is 48.5 Å². The van der Waals surface area contributed by atoms with Gasteiger partial charge in [0.1, 0.15) is 11.9 Å². The van der Waals surface area contributed by atoms with Crippen molar-refractivity contribution in [2.45, 2.75) is 12.7 Å². The number of fused-ring (bicyclic) bond motifs is 1. The third-order valence-electron chi connectivity index (χ3n) is 4.03. The molecule has 2 aromatic carbocycles. The van der Waals surface area contributed by atoms with Crippen LogP contribution in [0.25, 0.3) is 0 Å². The molecule has 0 aromatic heterocycles. The molecule has 1 atom stereocenters. The van der Waals surface area contributed by atoms with Gasteiger partial charge in [-0.15, -0.1) is 0 Å². The van der Waals surface area contributed by atoms with Crippen molar-refractivity contribution in [2.75, 3.05) is 21.2 Å². The van der Waals surface area contributed by atoms with E-state index in [0.29, 0.717) is 6.54 Å². The molecule has 1 amide bonds. The first-order valence-electron chi connectivity index (χ1n) is 7.31. The maximum atomic E-state index is 12.7. The molecule has 1 aliphatic rings. The molecule has 0 radical (unpaired) electrons. The summed E-state index contributed by atoms with van der Waals surface area (Å²) in [4.78, 5) is 16.7. The molecule has 2 aromatic rings. The molecule has 0 fully saturated rings. The summed E-state index contributed by atoms with van der Waals surface area (Å²) in [6, 6.07) is 15.7. The van der Waals surface area contributed by atoms with Crippen molar-refractivity contribution in [3.8, 4) is 5.75 Å². The van der Waals surface area contributed by atoms with Gasteiger partial charge in [0.25, 0.3) is 5.91 Å². The molecular formula is C18H20N2O2. The molecule has 114 valence electrons. The Kier molecular flexibility index (Phi) is 3.86. The average molecular weight is 296 g/mol. The van der Waals surface area contributed by atoms with Crippen LogP contribution in [0.1, 0.15) is 27.7 Å². The van der Waals surface area contributed by atoms with Gasteiger partial charge in [-0.3, -0.25) is 9.69 Å². The molecule has 0 saturated heterocycles. The van der Waals surface area contributed by atoms with Gasteiger partial charge in [-0.05, 0) is 37.9 Å². The lowest BCUT2D eigenvalue weighted by Gasteiger charge is -2.30. The summed E-state index contributed by atoms with van der Waals surface area (Å²) in [6.45, 7) is 0.584. The van der Waals surface area contributed by atoms with Gasteiger partial charge in [-0.1, -0.05) is 30.3 Å². The van der Waals surface area contributed by atoms with Crippen LogP contribution in [0.4, 0.5) is 0 Å². The average Bonchev–Trinajstić information content (AvgIpc) is 2.81. The fourth-order valence-corrected chi connectivity index (χ4v) is 2.99. The SMILES string of the molecule is COc1ccc(CN2C(=O)c3ccccc3C2N(C)C)cc1. The Hall–Kier alpha value is -2.33. The van der Waals surface area contributed by atoms with Gasteiger partial charge in [0.2, 0.25) is 0 Å². The van der Waals surface area contributed by atoms with E-state index in [1.54, 1.807) is 7.11 Å². The van der Waals surface area contributed by atoms with Crippen LogP contribution >= 0.6 is 0 Å². The zero-order valence-corrected chi connectivity index (χ0v) is 13.1. The minimum absolute atomic E-state index is 0.0224. The van der Waals surface area contributed by atoms with E-state index < -0.39 is 0 Å². The van der Waals surface area contributed by atoms with E-state index in [2.05, 4.69) is 4.90 Å². The Bertz CT molecular complexity index is 680. The normalized spacial score (nSPS) is 17.0. The van der Waals surface area contributed by atoms with E-state index >= 15 is 0 Å². The number of hydrogen-bond acceptors (Lipinski definition) is 3. The van der Waals surface area contributed by atoms with Crippen molar-refractivity contribution in [2.24, 2.45) is 0 Å². The van der Waals surface area contributed by atoms with Crippen LogP contribution < -0.4 is 4.74 Å². The Morgan fingerprint density at radius 2 is 1.77 bits per heavy atom. The van der Waals surface area contributed by atoms with E-state index in [1.807, 2.05) is 67.5 Å². The van der Waals surface area contributed by atoms with Crippen molar-refractivity contribution in [1.29, 1.82) is 0 Å². The number of carbonyl (C=O) groups excluding carboxylic acids is 1. The fraction of sp³-hybridized carbons (Fsp3) is 0.278. The lowest BCUT2D eigenvalue weighted by molar-refractivity contribution is 0.0510. The number of nitrogens with zero attached hydrogens (tertiary/aromatic N) is 2. The van der Waals surface area contributed by atoms with Crippen LogP contribution in [0.2, 0.25) is 0 Å².